The van der Waals surface area contributed by atoms with Gasteiger partial charge in [-0.05, 0) is 0 Å². The molecule has 7 rings (SSSR count). The molecule has 41 heavy (non-hydrogen) atoms. The second-order valence-electron chi connectivity index (χ2n) is 11.4. The van der Waals surface area contributed by atoms with Gasteiger partial charge in [0.15, 0.2) is 0 Å². The molecule has 1 saturated heterocycles. The fourth-order valence-corrected chi connectivity index (χ4v) is 12.3. The maximum Gasteiger partial charge on any atom is -1.00 e. The minimum Gasteiger partial charge on any atom is -1.00 e. The first-order valence-electron chi connectivity index (χ1n) is 14.6. The molecular formula is C37H38Cl2HfSi. The summed E-state index contributed by atoms with van der Waals surface area (Å²) in [6.07, 6.45) is 6.63. The average molecular weight is 760 g/mol. The molecule has 0 nitrogen and oxygen atoms in total. The monoisotopic (exact) mass is 760 g/mol. The Morgan fingerprint density at radius 1 is 0.585 bits per heavy atom. The van der Waals surface area contributed by atoms with Gasteiger partial charge in [0.1, 0.15) is 0 Å². The van der Waals surface area contributed by atoms with Crippen LogP contribution in [0.2, 0.25) is 12.1 Å². The zero-order valence-electron chi connectivity index (χ0n) is 24.5. The smallest absolute Gasteiger partial charge is 1.00 e. The zero-order valence-corrected chi connectivity index (χ0v) is 31.0. The predicted molar refractivity (Wildman–Crippen MR) is 170 cm³/mol. The summed E-state index contributed by atoms with van der Waals surface area (Å²) in [7, 11) is 0.605. The minimum atomic E-state index is -1.19. The Balaban J connectivity index is 0.000000596. The molecule has 2 atom stereocenters. The molecule has 0 amide bonds. The fourth-order valence-electron chi connectivity index (χ4n) is 6.20. The van der Waals surface area contributed by atoms with Crippen molar-refractivity contribution >= 4 is 42.2 Å². The summed E-state index contributed by atoms with van der Waals surface area (Å²) in [5, 5.41) is 5.39. The molecule has 1 heterocycles. The predicted octanol–water partition coefficient (Wildman–Crippen LogP) is 3.79. The van der Waals surface area contributed by atoms with Gasteiger partial charge in [-0.3, -0.25) is 0 Å². The standard InChI is InChI=1S/2C17H15.C3H8Si.2ClH.Hf/c2*1-12-10-13(2)17(11-12)16-9-5-7-14-6-3-4-8-15(14)16;1-2-4-3-1;;;/h2*3-9,11-12H,1-2H3;1-4H2;2*1H;/q;;;;;+2/p-2. The third kappa shape index (κ3) is 6.37. The van der Waals surface area contributed by atoms with E-state index in [-0.39, 0.29) is 24.8 Å². The van der Waals surface area contributed by atoms with Crippen LogP contribution in [-0.2, 0) is 22.9 Å². The van der Waals surface area contributed by atoms with Gasteiger partial charge in [-0.1, -0.05) is 18.5 Å². The molecule has 2 aliphatic carbocycles. The summed E-state index contributed by atoms with van der Waals surface area (Å²) < 4.78 is 3.53. The van der Waals surface area contributed by atoms with Crippen molar-refractivity contribution in [1.82, 2.24) is 0 Å². The second-order valence-corrected chi connectivity index (χ2v) is 18.3. The van der Waals surface area contributed by atoms with Crippen molar-refractivity contribution in [2.45, 2.75) is 46.2 Å². The number of benzene rings is 4. The number of rotatable bonds is 4. The number of fused-ring (bicyclic) bond motifs is 2. The molecule has 0 N–H and O–H groups in total. The third-order valence-corrected chi connectivity index (χ3v) is 18.7. The van der Waals surface area contributed by atoms with Gasteiger partial charge in [0.25, 0.3) is 0 Å². The van der Waals surface area contributed by atoms with Crippen LogP contribution in [0.1, 0.15) is 45.2 Å². The SMILES string of the molecule is C1C[SiH2]C1.CC1=[C]([Hf+2][C]2=C(C)C(c3cccc4ccccc34)=CC2C)C(C)C=C1c1cccc2ccccc12.[Cl-].[Cl-]. The summed E-state index contributed by atoms with van der Waals surface area (Å²) in [4.78, 5) is 0. The van der Waals surface area contributed by atoms with Crippen molar-refractivity contribution in [3.8, 4) is 0 Å². The van der Waals surface area contributed by atoms with Crippen LogP contribution in [0.4, 0.5) is 0 Å². The van der Waals surface area contributed by atoms with Gasteiger partial charge < -0.3 is 24.8 Å². The maximum absolute atomic E-state index is 2.54. The normalized spacial score (nSPS) is 19.4. The van der Waals surface area contributed by atoms with E-state index in [1.165, 1.54) is 43.8 Å². The van der Waals surface area contributed by atoms with Gasteiger partial charge >= 0.3 is 221 Å². The molecule has 1 fully saturated rings. The molecule has 0 aromatic heterocycles. The molecule has 0 bridgehead atoms. The van der Waals surface area contributed by atoms with E-state index >= 15 is 0 Å². The van der Waals surface area contributed by atoms with Crippen molar-refractivity contribution < 1.29 is 47.7 Å². The van der Waals surface area contributed by atoms with Crippen molar-refractivity contribution in [2.24, 2.45) is 11.8 Å². The van der Waals surface area contributed by atoms with Crippen LogP contribution in [0.3, 0.4) is 0 Å². The van der Waals surface area contributed by atoms with Crippen LogP contribution in [0.5, 0.6) is 0 Å². The van der Waals surface area contributed by atoms with E-state index in [1.54, 1.807) is 36.3 Å². The molecule has 0 spiro atoms. The number of hydrogen-bond donors (Lipinski definition) is 0. The van der Waals surface area contributed by atoms with Crippen LogP contribution in [0, 0.1) is 11.8 Å². The molecule has 2 unspecified atom stereocenters. The van der Waals surface area contributed by atoms with Gasteiger partial charge in [-0.15, -0.1) is 0 Å². The van der Waals surface area contributed by atoms with Gasteiger partial charge in [0.05, 0.1) is 0 Å². The van der Waals surface area contributed by atoms with E-state index in [0.717, 1.165) is 0 Å². The van der Waals surface area contributed by atoms with E-state index in [0.29, 0.717) is 21.4 Å². The van der Waals surface area contributed by atoms with E-state index in [9.17, 15) is 0 Å². The molecular weight excluding hydrogens is 722 g/mol. The molecule has 1 aliphatic heterocycles. The molecule has 4 aromatic carbocycles. The first kappa shape index (κ1) is 32.0. The summed E-state index contributed by atoms with van der Waals surface area (Å²) >= 11 is -1.19. The molecule has 0 radical (unpaired) electrons. The number of allylic oxidation sites excluding steroid dienone is 8. The minimum absolute atomic E-state index is 0. The van der Waals surface area contributed by atoms with Crippen LogP contribution in [0.25, 0.3) is 32.7 Å². The van der Waals surface area contributed by atoms with Gasteiger partial charge in [0.2, 0.25) is 0 Å². The Bertz CT molecular complexity index is 1550. The van der Waals surface area contributed by atoms with E-state index in [2.05, 4.69) is 125 Å². The molecule has 3 aliphatic rings. The fraction of sp³-hybridized carbons (Fsp3) is 0.243. The van der Waals surface area contributed by atoms with E-state index in [4.69, 9.17) is 0 Å². The van der Waals surface area contributed by atoms with Crippen LogP contribution in [-0.4, -0.2) is 9.52 Å². The van der Waals surface area contributed by atoms with Gasteiger partial charge in [0, 0.05) is 9.52 Å². The summed E-state index contributed by atoms with van der Waals surface area (Å²) in [6.45, 7) is 9.60. The topological polar surface area (TPSA) is 0 Å². The zero-order chi connectivity index (χ0) is 26.9. The second kappa shape index (κ2) is 14.0. The van der Waals surface area contributed by atoms with Crippen molar-refractivity contribution in [3.05, 3.63) is 126 Å². The van der Waals surface area contributed by atoms with E-state index < -0.39 is 22.9 Å². The summed E-state index contributed by atoms with van der Waals surface area (Å²) in [5.41, 5.74) is 8.80. The van der Waals surface area contributed by atoms with Gasteiger partial charge in [-0.25, -0.2) is 0 Å². The third-order valence-electron chi connectivity index (χ3n) is 8.79. The Kier molecular flexibility index (Phi) is 10.9. The Hall–Kier alpha value is -1.97. The molecule has 0 saturated carbocycles. The summed E-state index contributed by atoms with van der Waals surface area (Å²) in [5.74, 6) is 1.09. The van der Waals surface area contributed by atoms with Crippen LogP contribution >= 0.6 is 0 Å². The molecule has 4 heteroatoms. The maximum atomic E-state index is 2.54. The Labute approximate surface area is 272 Å². The van der Waals surface area contributed by atoms with Crippen LogP contribution in [0.15, 0.2) is 115 Å². The first-order chi connectivity index (χ1) is 19.0. The molecule has 4 aromatic rings. The quantitative estimate of drug-likeness (QED) is 0.278. The van der Waals surface area contributed by atoms with Crippen molar-refractivity contribution in [2.75, 3.05) is 0 Å². The van der Waals surface area contributed by atoms with Crippen molar-refractivity contribution in [3.63, 3.8) is 0 Å². The molecule has 208 valence electrons. The largest absolute Gasteiger partial charge is 1.00 e. The Morgan fingerprint density at radius 3 is 1.34 bits per heavy atom. The average Bonchev–Trinajstić information content (AvgIpc) is 3.36. The van der Waals surface area contributed by atoms with Crippen molar-refractivity contribution in [1.29, 1.82) is 0 Å². The number of hydrogen-bond acceptors (Lipinski definition) is 0. The summed E-state index contributed by atoms with van der Waals surface area (Å²) in [6, 6.07) is 34.4. The first-order valence-corrected chi connectivity index (χ1v) is 20.2. The van der Waals surface area contributed by atoms with E-state index in [1.807, 2.05) is 0 Å². The Morgan fingerprint density at radius 2 is 0.951 bits per heavy atom. The van der Waals surface area contributed by atoms with Gasteiger partial charge in [-0.2, -0.15) is 0 Å². The number of halogens is 2. The van der Waals surface area contributed by atoms with Crippen LogP contribution < -0.4 is 24.8 Å².